The molecule has 1 N–H and O–H groups in total. The van der Waals surface area contributed by atoms with Gasteiger partial charge >= 0.3 is 5.97 Å². The van der Waals surface area contributed by atoms with Gasteiger partial charge in [-0.25, -0.2) is 0 Å². The van der Waals surface area contributed by atoms with Gasteiger partial charge < -0.3 is 14.4 Å². The molecule has 102 valence electrons. The summed E-state index contributed by atoms with van der Waals surface area (Å²) in [5.41, 5.74) is 0. The summed E-state index contributed by atoms with van der Waals surface area (Å²) in [4.78, 5) is 25.3. The Morgan fingerprint density at radius 1 is 1.37 bits per heavy atom. The lowest BCUT2D eigenvalue weighted by molar-refractivity contribution is -0.153. The number of halogens is 1. The Hall–Kier alpha value is -1.30. The maximum Gasteiger partial charge on any atom is 0.309 e. The Labute approximate surface area is 118 Å². The number of aliphatic carboxylic acids is 1. The molecule has 0 aromatic carbocycles. The average Bonchev–Trinajstić information content (AvgIpc) is 3.10. The molecule has 1 aromatic rings. The number of likely N-dealkylation sites (tertiary alicyclic amines) is 1. The Balaban J connectivity index is 1.99. The molecule has 2 unspecified atom stereocenters. The van der Waals surface area contributed by atoms with Crippen LogP contribution in [0.4, 0.5) is 0 Å². The summed E-state index contributed by atoms with van der Waals surface area (Å²) in [5, 5.41) is 9.39. The van der Waals surface area contributed by atoms with Crippen molar-refractivity contribution in [3.05, 3.63) is 22.6 Å². The van der Waals surface area contributed by atoms with E-state index in [0.717, 1.165) is 12.8 Å². The molecule has 1 aliphatic carbocycles. The first kappa shape index (κ1) is 12.7. The van der Waals surface area contributed by atoms with Crippen molar-refractivity contribution < 1.29 is 19.1 Å². The normalized spacial score (nSPS) is 27.6. The lowest BCUT2D eigenvalue weighted by Gasteiger charge is -2.38. The Morgan fingerprint density at radius 3 is 2.63 bits per heavy atom. The number of rotatable bonds is 3. The van der Waals surface area contributed by atoms with Crippen LogP contribution in [-0.4, -0.2) is 27.9 Å². The molecule has 0 spiro atoms. The van der Waals surface area contributed by atoms with Crippen LogP contribution in [0.25, 0.3) is 0 Å². The van der Waals surface area contributed by atoms with E-state index in [1.807, 2.05) is 0 Å². The van der Waals surface area contributed by atoms with Crippen LogP contribution >= 0.6 is 15.9 Å². The molecule has 1 aliphatic heterocycles. The highest BCUT2D eigenvalue weighted by Gasteiger charge is 2.47. The number of carbonyl (C=O) groups excluding carboxylic acids is 1. The van der Waals surface area contributed by atoms with Crippen molar-refractivity contribution in [2.45, 2.75) is 37.8 Å². The van der Waals surface area contributed by atoms with Gasteiger partial charge in [0.1, 0.15) is 11.8 Å². The average molecular weight is 328 g/mol. The number of furan rings is 1. The third kappa shape index (κ3) is 2.29. The van der Waals surface area contributed by atoms with Crippen LogP contribution in [-0.2, 0) is 9.59 Å². The molecule has 0 radical (unpaired) electrons. The first-order valence-electron chi connectivity index (χ1n) is 6.37. The lowest BCUT2D eigenvalue weighted by atomic mass is 9.87. The van der Waals surface area contributed by atoms with E-state index in [4.69, 9.17) is 4.42 Å². The van der Waals surface area contributed by atoms with E-state index in [1.165, 1.54) is 0 Å². The third-order valence-corrected chi connectivity index (χ3v) is 4.21. The maximum absolute atomic E-state index is 12.1. The number of nitrogens with zero attached hydrogens (tertiary/aromatic N) is 1. The predicted octanol–water partition coefficient (Wildman–Crippen LogP) is 2.57. The number of piperidine rings is 1. The minimum absolute atomic E-state index is 0.0394. The molecule has 3 rings (SSSR count). The second-order valence-corrected chi connectivity index (χ2v) is 5.88. The van der Waals surface area contributed by atoms with E-state index in [1.54, 1.807) is 17.0 Å². The fourth-order valence-corrected chi connectivity index (χ4v) is 3.10. The Bertz CT molecular complexity index is 522. The number of carboxylic acid groups (broad SMARTS) is 1. The van der Waals surface area contributed by atoms with Gasteiger partial charge in [-0.15, -0.1) is 0 Å². The zero-order valence-electron chi connectivity index (χ0n) is 10.2. The largest absolute Gasteiger partial charge is 0.481 e. The maximum atomic E-state index is 12.1. The monoisotopic (exact) mass is 327 g/mol. The molecule has 6 heteroatoms. The van der Waals surface area contributed by atoms with E-state index in [2.05, 4.69) is 15.9 Å². The fourth-order valence-electron chi connectivity index (χ4n) is 2.78. The third-order valence-electron chi connectivity index (χ3n) is 3.78. The highest BCUT2D eigenvalue weighted by Crippen LogP contribution is 2.44. The summed E-state index contributed by atoms with van der Waals surface area (Å²) in [6, 6.07) is 3.19. The summed E-state index contributed by atoms with van der Waals surface area (Å²) in [7, 11) is 0. The summed E-state index contributed by atoms with van der Waals surface area (Å²) >= 11 is 3.23. The summed E-state index contributed by atoms with van der Waals surface area (Å²) in [6.45, 7) is 0. The lowest BCUT2D eigenvalue weighted by Crippen LogP contribution is -2.46. The van der Waals surface area contributed by atoms with Crippen molar-refractivity contribution >= 4 is 27.8 Å². The molecule has 1 saturated heterocycles. The molecule has 2 aliphatic rings. The van der Waals surface area contributed by atoms with Crippen molar-refractivity contribution in [2.24, 2.45) is 5.92 Å². The second kappa shape index (κ2) is 4.67. The fraction of sp³-hybridized carbons (Fsp3) is 0.538. The number of amides is 1. The van der Waals surface area contributed by atoms with Crippen LogP contribution in [0.3, 0.4) is 0 Å². The molecule has 2 atom stereocenters. The van der Waals surface area contributed by atoms with Gasteiger partial charge in [0.2, 0.25) is 5.91 Å². The van der Waals surface area contributed by atoms with Crippen molar-refractivity contribution in [3.8, 4) is 0 Å². The standard InChI is InChI=1S/C13H14BrNO4/c14-10-5-4-9(19-10)12-8(13(17)18)3-6-11(16)15(12)7-1-2-7/h4-5,7-8,12H,1-3,6H2,(H,17,18). The van der Waals surface area contributed by atoms with Crippen LogP contribution in [0.5, 0.6) is 0 Å². The number of hydrogen-bond acceptors (Lipinski definition) is 3. The number of hydrogen-bond donors (Lipinski definition) is 1. The van der Waals surface area contributed by atoms with Crippen LogP contribution in [0.2, 0.25) is 0 Å². The van der Waals surface area contributed by atoms with Gasteiger partial charge in [-0.1, -0.05) is 0 Å². The molecule has 2 fully saturated rings. The molecule has 5 nitrogen and oxygen atoms in total. The molecule has 1 amide bonds. The quantitative estimate of drug-likeness (QED) is 0.926. The summed E-state index contributed by atoms with van der Waals surface area (Å²) in [5.74, 6) is -0.858. The number of carboxylic acids is 1. The van der Waals surface area contributed by atoms with E-state index in [0.29, 0.717) is 23.3 Å². The van der Waals surface area contributed by atoms with E-state index >= 15 is 0 Å². The van der Waals surface area contributed by atoms with Gasteiger partial charge in [-0.05, 0) is 47.3 Å². The molecular formula is C13H14BrNO4. The molecule has 0 bridgehead atoms. The first-order chi connectivity index (χ1) is 9.08. The Morgan fingerprint density at radius 2 is 2.11 bits per heavy atom. The minimum atomic E-state index is -0.865. The van der Waals surface area contributed by atoms with E-state index in [-0.39, 0.29) is 11.9 Å². The zero-order valence-corrected chi connectivity index (χ0v) is 11.8. The predicted molar refractivity (Wildman–Crippen MR) is 69.4 cm³/mol. The number of carbonyl (C=O) groups is 2. The van der Waals surface area contributed by atoms with Crippen molar-refractivity contribution in [2.75, 3.05) is 0 Å². The van der Waals surface area contributed by atoms with Gasteiger partial charge in [0.05, 0.1) is 5.92 Å². The van der Waals surface area contributed by atoms with Crippen molar-refractivity contribution in [1.29, 1.82) is 0 Å². The van der Waals surface area contributed by atoms with E-state index < -0.39 is 17.9 Å². The van der Waals surface area contributed by atoms with Crippen molar-refractivity contribution in [3.63, 3.8) is 0 Å². The van der Waals surface area contributed by atoms with Crippen LogP contribution in [0, 0.1) is 5.92 Å². The van der Waals surface area contributed by atoms with Gasteiger partial charge in [-0.3, -0.25) is 9.59 Å². The van der Waals surface area contributed by atoms with E-state index in [9.17, 15) is 14.7 Å². The first-order valence-corrected chi connectivity index (χ1v) is 7.16. The summed E-state index contributed by atoms with van der Waals surface area (Å²) < 4.78 is 6.08. The highest BCUT2D eigenvalue weighted by molar-refractivity contribution is 9.10. The van der Waals surface area contributed by atoms with Gasteiger partial charge in [0.25, 0.3) is 0 Å². The van der Waals surface area contributed by atoms with Crippen molar-refractivity contribution in [1.82, 2.24) is 4.90 Å². The summed E-state index contributed by atoms with van der Waals surface area (Å²) in [6.07, 6.45) is 2.60. The minimum Gasteiger partial charge on any atom is -0.481 e. The highest BCUT2D eigenvalue weighted by atomic mass is 79.9. The molecular weight excluding hydrogens is 314 g/mol. The topological polar surface area (TPSA) is 70.8 Å². The van der Waals surface area contributed by atoms with Gasteiger partial charge in [0, 0.05) is 12.5 Å². The molecule has 2 heterocycles. The smallest absolute Gasteiger partial charge is 0.309 e. The van der Waals surface area contributed by atoms with Gasteiger partial charge in [-0.2, -0.15) is 0 Å². The SMILES string of the molecule is O=C(O)C1CCC(=O)N(C2CC2)C1c1ccc(Br)o1. The van der Waals surface area contributed by atoms with Crippen LogP contribution in [0.15, 0.2) is 21.2 Å². The molecule has 1 saturated carbocycles. The van der Waals surface area contributed by atoms with Crippen LogP contribution < -0.4 is 0 Å². The Kier molecular flexibility index (Phi) is 3.12. The molecule has 19 heavy (non-hydrogen) atoms. The van der Waals surface area contributed by atoms with Crippen LogP contribution in [0.1, 0.15) is 37.5 Å². The molecule has 1 aromatic heterocycles. The van der Waals surface area contributed by atoms with Gasteiger partial charge in [0.15, 0.2) is 4.67 Å². The second-order valence-electron chi connectivity index (χ2n) is 5.10. The zero-order chi connectivity index (χ0) is 13.6.